The van der Waals surface area contributed by atoms with Gasteiger partial charge in [0.2, 0.25) is 0 Å². The van der Waals surface area contributed by atoms with Gasteiger partial charge in [-0.05, 0) is 35.6 Å². The van der Waals surface area contributed by atoms with Gasteiger partial charge in [0, 0.05) is 0 Å². The van der Waals surface area contributed by atoms with Gasteiger partial charge in [-0.15, -0.1) is 0 Å². The molecule has 0 aliphatic carbocycles. The lowest BCUT2D eigenvalue weighted by Crippen LogP contribution is -2.15. The molecule has 0 heterocycles. The molecule has 0 N–H and O–H groups in total. The Morgan fingerprint density at radius 1 is 1.39 bits per heavy atom. The summed E-state index contributed by atoms with van der Waals surface area (Å²) in [7, 11) is 1.62. The summed E-state index contributed by atoms with van der Waals surface area (Å²) in [5, 5.41) is 9.07. The molecular weight excluding hydrogens is 226 g/mol. The summed E-state index contributed by atoms with van der Waals surface area (Å²) in [5.41, 5.74) is 1.64. The number of Topliss-reactive ketones (excluding diaryl/α,β-unsaturated/α-hetero) is 1. The van der Waals surface area contributed by atoms with Crippen molar-refractivity contribution in [1.29, 1.82) is 5.26 Å². The minimum absolute atomic E-state index is 0.0991. The number of hydrogen-bond acceptors (Lipinski definition) is 3. The molecule has 18 heavy (non-hydrogen) atoms. The van der Waals surface area contributed by atoms with Crippen LogP contribution in [0.25, 0.3) is 0 Å². The summed E-state index contributed by atoms with van der Waals surface area (Å²) in [6, 6.07) is 7.54. The molecule has 0 unspecified atom stereocenters. The van der Waals surface area contributed by atoms with E-state index < -0.39 is 5.92 Å². The lowest BCUT2D eigenvalue weighted by atomic mass is 9.83. The Morgan fingerprint density at radius 2 is 2.00 bits per heavy atom. The Kier molecular flexibility index (Phi) is 4.13. The minimum atomic E-state index is -0.697. The van der Waals surface area contributed by atoms with Gasteiger partial charge in [-0.1, -0.05) is 26.8 Å². The summed E-state index contributed by atoms with van der Waals surface area (Å²) in [4.78, 5) is 11.4. The smallest absolute Gasteiger partial charge is 0.151 e. The number of carbonyl (C=O) groups is 1. The lowest BCUT2D eigenvalue weighted by Gasteiger charge is -2.23. The number of carbonyl (C=O) groups excluding carboxylic acids is 1. The topological polar surface area (TPSA) is 50.1 Å². The van der Waals surface area contributed by atoms with Crippen molar-refractivity contribution in [3.8, 4) is 11.8 Å². The molecule has 0 amide bonds. The molecule has 1 atom stereocenters. The highest BCUT2D eigenvalue weighted by Crippen LogP contribution is 2.33. The molecule has 3 heteroatoms. The maximum absolute atomic E-state index is 11.4. The zero-order valence-corrected chi connectivity index (χ0v) is 11.6. The highest BCUT2D eigenvalue weighted by Gasteiger charge is 2.23. The van der Waals surface area contributed by atoms with E-state index in [-0.39, 0.29) is 11.2 Å². The second kappa shape index (κ2) is 5.22. The van der Waals surface area contributed by atoms with Crippen molar-refractivity contribution in [2.45, 2.75) is 39.0 Å². The fourth-order valence-corrected chi connectivity index (χ4v) is 1.89. The van der Waals surface area contributed by atoms with Crippen molar-refractivity contribution in [2.75, 3.05) is 7.11 Å². The van der Waals surface area contributed by atoms with Gasteiger partial charge in [0.25, 0.3) is 0 Å². The van der Waals surface area contributed by atoms with Crippen LogP contribution in [0.1, 0.15) is 44.7 Å². The molecule has 0 fully saturated rings. The van der Waals surface area contributed by atoms with Crippen molar-refractivity contribution in [3.63, 3.8) is 0 Å². The van der Waals surface area contributed by atoms with Crippen LogP contribution in [0, 0.1) is 11.3 Å². The molecule has 1 aromatic rings. The molecule has 0 aliphatic rings. The van der Waals surface area contributed by atoms with Gasteiger partial charge in [-0.25, -0.2) is 0 Å². The first-order chi connectivity index (χ1) is 8.31. The average Bonchev–Trinajstić information content (AvgIpc) is 2.28. The standard InChI is InChI=1S/C15H19NO2/c1-10(17)12(9-16)11-6-7-14(18-5)13(8-11)15(2,3)4/h6-8,12H,1-5H3/t12-/m1/s1. The van der Waals surface area contributed by atoms with Crippen molar-refractivity contribution in [1.82, 2.24) is 0 Å². The van der Waals surface area contributed by atoms with Crippen LogP contribution in [0.5, 0.6) is 5.75 Å². The molecular formula is C15H19NO2. The van der Waals surface area contributed by atoms with Gasteiger partial charge < -0.3 is 4.74 Å². The predicted octanol–water partition coefficient (Wildman–Crippen LogP) is 3.19. The van der Waals surface area contributed by atoms with E-state index in [2.05, 4.69) is 20.8 Å². The van der Waals surface area contributed by atoms with Crippen LogP contribution < -0.4 is 4.74 Å². The summed E-state index contributed by atoms with van der Waals surface area (Å²) in [6.45, 7) is 7.66. The molecule has 1 aromatic carbocycles. The normalized spacial score (nSPS) is 12.7. The highest BCUT2D eigenvalue weighted by atomic mass is 16.5. The second-order valence-corrected chi connectivity index (χ2v) is 5.38. The Labute approximate surface area is 108 Å². The number of nitrogens with zero attached hydrogens (tertiary/aromatic N) is 1. The first kappa shape index (κ1) is 14.2. The minimum Gasteiger partial charge on any atom is -0.496 e. The third-order valence-corrected chi connectivity index (χ3v) is 2.90. The van der Waals surface area contributed by atoms with Gasteiger partial charge in [0.15, 0.2) is 5.78 Å². The van der Waals surface area contributed by atoms with Crippen molar-refractivity contribution in [2.24, 2.45) is 0 Å². The third kappa shape index (κ3) is 2.89. The average molecular weight is 245 g/mol. The summed E-state index contributed by atoms with van der Waals surface area (Å²) >= 11 is 0. The molecule has 0 aromatic heterocycles. The van der Waals surface area contributed by atoms with Crippen LogP contribution in [-0.2, 0) is 10.2 Å². The summed E-state index contributed by atoms with van der Waals surface area (Å²) in [6.07, 6.45) is 0. The van der Waals surface area contributed by atoms with Gasteiger partial charge in [-0.3, -0.25) is 4.79 Å². The number of ketones is 1. The number of hydrogen-bond donors (Lipinski definition) is 0. The van der Waals surface area contributed by atoms with Gasteiger partial charge in [-0.2, -0.15) is 5.26 Å². The molecule has 0 aliphatic heterocycles. The largest absolute Gasteiger partial charge is 0.496 e. The Morgan fingerprint density at radius 3 is 2.39 bits per heavy atom. The van der Waals surface area contributed by atoms with Crippen LogP contribution in [0.3, 0.4) is 0 Å². The maximum Gasteiger partial charge on any atom is 0.151 e. The van der Waals surface area contributed by atoms with Crippen molar-refractivity contribution >= 4 is 5.78 Å². The first-order valence-electron chi connectivity index (χ1n) is 5.89. The maximum atomic E-state index is 11.4. The lowest BCUT2D eigenvalue weighted by molar-refractivity contribution is -0.117. The van der Waals surface area contributed by atoms with E-state index in [1.54, 1.807) is 13.2 Å². The Hall–Kier alpha value is -1.82. The van der Waals surface area contributed by atoms with Crippen LogP contribution in [0.4, 0.5) is 0 Å². The van der Waals surface area contributed by atoms with E-state index in [0.29, 0.717) is 0 Å². The number of ether oxygens (including phenoxy) is 1. The van der Waals surface area contributed by atoms with Crippen LogP contribution >= 0.6 is 0 Å². The summed E-state index contributed by atoms with van der Waals surface area (Å²) < 4.78 is 5.33. The Balaban J connectivity index is 3.36. The quantitative estimate of drug-likeness (QED) is 0.821. The molecule has 0 bridgehead atoms. The van der Waals surface area contributed by atoms with Gasteiger partial charge >= 0.3 is 0 Å². The molecule has 1 rings (SSSR count). The van der Waals surface area contributed by atoms with Gasteiger partial charge in [0.05, 0.1) is 13.2 Å². The Bertz CT molecular complexity index is 492. The number of rotatable bonds is 3. The fraction of sp³-hybridized carbons (Fsp3) is 0.467. The van der Waals surface area contributed by atoms with Crippen molar-refractivity contribution in [3.05, 3.63) is 29.3 Å². The van der Waals surface area contributed by atoms with Gasteiger partial charge in [0.1, 0.15) is 11.7 Å². The van der Waals surface area contributed by atoms with Crippen LogP contribution in [0.15, 0.2) is 18.2 Å². The highest BCUT2D eigenvalue weighted by molar-refractivity contribution is 5.86. The molecule has 0 saturated heterocycles. The monoisotopic (exact) mass is 245 g/mol. The van der Waals surface area contributed by atoms with Crippen LogP contribution in [-0.4, -0.2) is 12.9 Å². The van der Waals surface area contributed by atoms with E-state index in [9.17, 15) is 4.79 Å². The molecule has 0 saturated carbocycles. The van der Waals surface area contributed by atoms with E-state index >= 15 is 0 Å². The molecule has 0 radical (unpaired) electrons. The fourth-order valence-electron chi connectivity index (χ4n) is 1.89. The molecule has 0 spiro atoms. The third-order valence-electron chi connectivity index (χ3n) is 2.90. The van der Waals surface area contributed by atoms with E-state index in [1.165, 1.54) is 6.92 Å². The molecule has 3 nitrogen and oxygen atoms in total. The predicted molar refractivity (Wildman–Crippen MR) is 70.7 cm³/mol. The first-order valence-corrected chi connectivity index (χ1v) is 5.89. The number of benzene rings is 1. The van der Waals surface area contributed by atoms with Crippen molar-refractivity contribution < 1.29 is 9.53 Å². The van der Waals surface area contributed by atoms with E-state index in [1.807, 2.05) is 18.2 Å². The van der Waals surface area contributed by atoms with E-state index in [4.69, 9.17) is 10.00 Å². The SMILES string of the molecule is COc1ccc([C@H](C#N)C(C)=O)cc1C(C)(C)C. The number of methoxy groups -OCH3 is 1. The summed E-state index contributed by atoms with van der Waals surface area (Å²) in [5.74, 6) is -0.0500. The zero-order valence-electron chi connectivity index (χ0n) is 11.6. The second-order valence-electron chi connectivity index (χ2n) is 5.38. The van der Waals surface area contributed by atoms with Crippen LogP contribution in [0.2, 0.25) is 0 Å². The zero-order chi connectivity index (χ0) is 13.9. The molecule has 96 valence electrons. The number of nitriles is 1. The van der Waals surface area contributed by atoms with E-state index in [0.717, 1.165) is 16.9 Å².